The first kappa shape index (κ1) is 7.50. The molecule has 0 aromatic rings. The molecule has 0 saturated carbocycles. The van der Waals surface area contributed by atoms with Crippen molar-refractivity contribution in [3.63, 3.8) is 0 Å². The summed E-state index contributed by atoms with van der Waals surface area (Å²) >= 11 is 10.2. The number of hydrogen-bond acceptors (Lipinski definition) is 2. The molecule has 0 rings (SSSR count). The Bertz CT molecular complexity index is 51.4. The predicted octanol–water partition coefficient (Wildman–Crippen LogP) is 0.459. The first-order valence-corrected chi connectivity index (χ1v) is 2.73. The molecule has 0 aliphatic heterocycles. The SMILES string of the molecule is NC(O)(Cl)CCCl. The number of halogens is 2. The molecule has 1 unspecified atom stereocenters. The maximum absolute atomic E-state index is 8.48. The number of hydrogen-bond donors (Lipinski definition) is 2. The predicted molar refractivity (Wildman–Crippen MR) is 30.3 cm³/mol. The maximum Gasteiger partial charge on any atom is 0.192 e. The van der Waals surface area contributed by atoms with Gasteiger partial charge in [0.1, 0.15) is 0 Å². The monoisotopic (exact) mass is 143 g/mol. The fourth-order valence-corrected chi connectivity index (χ4v) is 0.612. The van der Waals surface area contributed by atoms with Crippen molar-refractivity contribution in [1.29, 1.82) is 0 Å². The third-order valence-corrected chi connectivity index (χ3v) is 0.823. The van der Waals surface area contributed by atoms with E-state index in [1.807, 2.05) is 0 Å². The second-order valence-corrected chi connectivity index (χ2v) is 2.29. The minimum absolute atomic E-state index is 0.204. The molecular weight excluding hydrogens is 137 g/mol. The van der Waals surface area contributed by atoms with Crippen molar-refractivity contribution in [3.8, 4) is 0 Å². The lowest BCUT2D eigenvalue weighted by Crippen LogP contribution is -2.32. The molecule has 0 aromatic carbocycles. The minimum Gasteiger partial charge on any atom is -0.363 e. The Morgan fingerprint density at radius 1 is 1.71 bits per heavy atom. The maximum atomic E-state index is 8.48. The zero-order chi connectivity index (χ0) is 5.91. The van der Waals surface area contributed by atoms with Gasteiger partial charge < -0.3 is 5.11 Å². The third-order valence-electron chi connectivity index (χ3n) is 0.445. The lowest BCUT2D eigenvalue weighted by Gasteiger charge is -2.10. The Morgan fingerprint density at radius 2 is 2.14 bits per heavy atom. The van der Waals surface area contributed by atoms with Gasteiger partial charge in [0, 0.05) is 12.3 Å². The van der Waals surface area contributed by atoms with Gasteiger partial charge in [-0.2, -0.15) is 0 Å². The molecule has 0 aromatic heterocycles. The van der Waals surface area contributed by atoms with Gasteiger partial charge in [-0.15, -0.1) is 11.6 Å². The van der Waals surface area contributed by atoms with Gasteiger partial charge in [-0.05, 0) is 0 Å². The van der Waals surface area contributed by atoms with Gasteiger partial charge in [-0.1, -0.05) is 11.6 Å². The second kappa shape index (κ2) is 2.72. The van der Waals surface area contributed by atoms with Crippen molar-refractivity contribution in [3.05, 3.63) is 0 Å². The normalized spacial score (nSPS) is 18.9. The van der Waals surface area contributed by atoms with E-state index < -0.39 is 5.18 Å². The van der Waals surface area contributed by atoms with Crippen molar-refractivity contribution in [2.45, 2.75) is 11.6 Å². The molecule has 0 fully saturated rings. The summed E-state index contributed by atoms with van der Waals surface area (Å²) < 4.78 is 0. The van der Waals surface area contributed by atoms with E-state index in [2.05, 4.69) is 0 Å². The lowest BCUT2D eigenvalue weighted by atomic mass is 10.4. The molecule has 0 aliphatic carbocycles. The summed E-state index contributed by atoms with van der Waals surface area (Å²) in [4.78, 5) is 0. The van der Waals surface area contributed by atoms with Gasteiger partial charge in [0.05, 0.1) is 0 Å². The first-order chi connectivity index (χ1) is 3.06. The van der Waals surface area contributed by atoms with E-state index in [4.69, 9.17) is 34.0 Å². The van der Waals surface area contributed by atoms with Crippen LogP contribution in [0.25, 0.3) is 0 Å². The highest BCUT2D eigenvalue weighted by atomic mass is 35.5. The largest absolute Gasteiger partial charge is 0.363 e. The van der Waals surface area contributed by atoms with Crippen LogP contribution in [0.15, 0.2) is 0 Å². The summed E-state index contributed by atoms with van der Waals surface area (Å²) in [6.07, 6.45) is 0.204. The Hall–Kier alpha value is 0.500. The fourth-order valence-electron chi connectivity index (χ4n) is 0.133. The fraction of sp³-hybridized carbons (Fsp3) is 1.00. The molecule has 0 saturated heterocycles. The standard InChI is InChI=1S/C3H7Cl2NO/c4-2-1-3(5,6)7/h7H,1-2,6H2. The molecule has 0 spiro atoms. The van der Waals surface area contributed by atoms with Crippen LogP contribution in [0, 0.1) is 0 Å². The molecular formula is C3H7Cl2NO. The van der Waals surface area contributed by atoms with Crippen LogP contribution in [-0.2, 0) is 0 Å². The molecule has 0 bridgehead atoms. The molecule has 0 heterocycles. The molecule has 3 N–H and O–H groups in total. The zero-order valence-corrected chi connectivity index (χ0v) is 5.21. The van der Waals surface area contributed by atoms with Crippen LogP contribution >= 0.6 is 23.2 Å². The molecule has 4 heteroatoms. The van der Waals surface area contributed by atoms with Crippen molar-refractivity contribution in [1.82, 2.24) is 0 Å². The van der Waals surface area contributed by atoms with Gasteiger partial charge in [-0.25, -0.2) is 0 Å². The van der Waals surface area contributed by atoms with E-state index in [9.17, 15) is 0 Å². The Balaban J connectivity index is 3.15. The molecule has 0 radical (unpaired) electrons. The third kappa shape index (κ3) is 6.50. The molecule has 0 aliphatic rings. The Kier molecular flexibility index (Phi) is 2.92. The van der Waals surface area contributed by atoms with E-state index >= 15 is 0 Å². The van der Waals surface area contributed by atoms with E-state index in [1.54, 1.807) is 0 Å². The minimum atomic E-state index is -1.61. The van der Waals surface area contributed by atoms with Crippen molar-refractivity contribution in [2.24, 2.45) is 5.73 Å². The van der Waals surface area contributed by atoms with E-state index in [0.717, 1.165) is 0 Å². The highest BCUT2D eigenvalue weighted by Crippen LogP contribution is 2.07. The topological polar surface area (TPSA) is 46.2 Å². The first-order valence-electron chi connectivity index (χ1n) is 1.82. The van der Waals surface area contributed by atoms with Crippen LogP contribution in [0.5, 0.6) is 0 Å². The van der Waals surface area contributed by atoms with Gasteiger partial charge in [0.15, 0.2) is 5.18 Å². The van der Waals surface area contributed by atoms with Crippen LogP contribution in [0.3, 0.4) is 0 Å². The van der Waals surface area contributed by atoms with Crippen LogP contribution in [-0.4, -0.2) is 16.2 Å². The highest BCUT2D eigenvalue weighted by Gasteiger charge is 2.13. The highest BCUT2D eigenvalue weighted by molar-refractivity contribution is 6.23. The lowest BCUT2D eigenvalue weighted by molar-refractivity contribution is 0.133. The number of alkyl halides is 2. The van der Waals surface area contributed by atoms with E-state index in [1.165, 1.54) is 0 Å². The van der Waals surface area contributed by atoms with Crippen molar-refractivity contribution in [2.75, 3.05) is 5.88 Å². The zero-order valence-electron chi connectivity index (χ0n) is 3.69. The molecule has 1 atom stereocenters. The van der Waals surface area contributed by atoms with Crippen LogP contribution in [0.1, 0.15) is 6.42 Å². The van der Waals surface area contributed by atoms with Gasteiger partial charge in [-0.3, -0.25) is 5.73 Å². The summed E-state index contributed by atoms with van der Waals surface area (Å²) in [6.45, 7) is 0. The number of aliphatic hydroxyl groups is 1. The van der Waals surface area contributed by atoms with Gasteiger partial charge >= 0.3 is 0 Å². The summed E-state index contributed by atoms with van der Waals surface area (Å²) in [6, 6.07) is 0. The summed E-state index contributed by atoms with van der Waals surface area (Å²) in [5.74, 6) is 0.274. The summed E-state index contributed by atoms with van der Waals surface area (Å²) in [5, 5.41) is 6.87. The van der Waals surface area contributed by atoms with Crippen molar-refractivity contribution < 1.29 is 5.11 Å². The van der Waals surface area contributed by atoms with E-state index in [0.29, 0.717) is 0 Å². The smallest absolute Gasteiger partial charge is 0.192 e. The van der Waals surface area contributed by atoms with Crippen LogP contribution in [0.2, 0.25) is 0 Å². The molecule has 2 nitrogen and oxygen atoms in total. The molecule has 0 amide bonds. The Labute approximate surface area is 52.2 Å². The van der Waals surface area contributed by atoms with E-state index in [-0.39, 0.29) is 12.3 Å². The van der Waals surface area contributed by atoms with Crippen LogP contribution < -0.4 is 5.73 Å². The summed E-state index contributed by atoms with van der Waals surface area (Å²) in [7, 11) is 0. The number of nitrogens with two attached hydrogens (primary N) is 1. The van der Waals surface area contributed by atoms with Gasteiger partial charge in [0.25, 0.3) is 0 Å². The second-order valence-electron chi connectivity index (χ2n) is 1.26. The number of rotatable bonds is 2. The van der Waals surface area contributed by atoms with Gasteiger partial charge in [0.2, 0.25) is 0 Å². The average Bonchev–Trinajstić information content (AvgIpc) is 1.30. The molecule has 44 valence electrons. The Morgan fingerprint density at radius 3 is 2.14 bits per heavy atom. The van der Waals surface area contributed by atoms with Crippen LogP contribution in [0.4, 0.5) is 0 Å². The quantitative estimate of drug-likeness (QED) is 0.336. The summed E-state index contributed by atoms with van der Waals surface area (Å²) in [5.41, 5.74) is 4.88. The van der Waals surface area contributed by atoms with Crippen molar-refractivity contribution >= 4 is 23.2 Å². The molecule has 7 heavy (non-hydrogen) atoms. The average molecular weight is 144 g/mol.